The average Bonchev–Trinajstić information content (AvgIpc) is 2.33. The zero-order valence-corrected chi connectivity index (χ0v) is 9.71. The summed E-state index contributed by atoms with van der Waals surface area (Å²) in [6, 6.07) is 0. The lowest BCUT2D eigenvalue weighted by Gasteiger charge is -2.34. The summed E-state index contributed by atoms with van der Waals surface area (Å²) in [5, 5.41) is 9.81. The monoisotopic (exact) mass is 236 g/mol. The van der Waals surface area contributed by atoms with Crippen molar-refractivity contribution in [2.75, 3.05) is 18.0 Å². The summed E-state index contributed by atoms with van der Waals surface area (Å²) < 4.78 is 0. The van der Waals surface area contributed by atoms with E-state index in [1.54, 1.807) is 6.20 Å². The van der Waals surface area contributed by atoms with E-state index in [4.69, 9.17) is 5.73 Å². The van der Waals surface area contributed by atoms with Gasteiger partial charge in [0.2, 0.25) is 0 Å². The van der Waals surface area contributed by atoms with Gasteiger partial charge in [-0.15, -0.1) is 0 Å². The number of aliphatic hydroxyl groups is 1. The molecular formula is C11H16N4O2. The zero-order valence-electron chi connectivity index (χ0n) is 9.71. The van der Waals surface area contributed by atoms with Gasteiger partial charge >= 0.3 is 0 Å². The topological polar surface area (TPSA) is 92.3 Å². The van der Waals surface area contributed by atoms with Crippen LogP contribution in [0.2, 0.25) is 0 Å². The Morgan fingerprint density at radius 3 is 3.00 bits per heavy atom. The molecule has 3 N–H and O–H groups in total. The Labute approximate surface area is 99.5 Å². The number of rotatable bonds is 2. The molecule has 1 aromatic heterocycles. The van der Waals surface area contributed by atoms with Crippen LogP contribution in [0.4, 0.5) is 5.82 Å². The van der Waals surface area contributed by atoms with E-state index < -0.39 is 5.91 Å². The zero-order chi connectivity index (χ0) is 12.4. The second-order valence-electron chi connectivity index (χ2n) is 4.41. The molecule has 1 aliphatic rings. The van der Waals surface area contributed by atoms with E-state index in [1.807, 2.05) is 11.8 Å². The molecule has 2 heterocycles. The maximum Gasteiger partial charge on any atom is 0.268 e. The van der Waals surface area contributed by atoms with Crippen molar-refractivity contribution in [1.82, 2.24) is 9.97 Å². The van der Waals surface area contributed by atoms with E-state index in [1.165, 1.54) is 6.20 Å². The fourth-order valence-corrected chi connectivity index (χ4v) is 1.88. The van der Waals surface area contributed by atoms with E-state index in [2.05, 4.69) is 9.97 Å². The van der Waals surface area contributed by atoms with Gasteiger partial charge in [-0.2, -0.15) is 0 Å². The van der Waals surface area contributed by atoms with Crippen molar-refractivity contribution in [1.29, 1.82) is 0 Å². The highest BCUT2D eigenvalue weighted by Crippen LogP contribution is 2.21. The van der Waals surface area contributed by atoms with Crippen LogP contribution < -0.4 is 10.6 Å². The van der Waals surface area contributed by atoms with Gasteiger partial charge in [-0.05, 0) is 12.3 Å². The first-order valence-corrected chi connectivity index (χ1v) is 5.63. The van der Waals surface area contributed by atoms with Gasteiger partial charge in [0.1, 0.15) is 11.5 Å². The van der Waals surface area contributed by atoms with Crippen LogP contribution >= 0.6 is 0 Å². The summed E-state index contributed by atoms with van der Waals surface area (Å²) in [6.07, 6.45) is 3.44. The van der Waals surface area contributed by atoms with Crippen LogP contribution in [-0.4, -0.2) is 40.2 Å². The Morgan fingerprint density at radius 2 is 2.35 bits per heavy atom. The van der Waals surface area contributed by atoms with Gasteiger partial charge in [0.25, 0.3) is 5.91 Å². The maximum absolute atomic E-state index is 11.0. The first-order valence-electron chi connectivity index (χ1n) is 5.63. The van der Waals surface area contributed by atoms with E-state index in [0.717, 1.165) is 13.0 Å². The lowest BCUT2D eigenvalue weighted by atomic mass is 9.96. The minimum Gasteiger partial charge on any atom is -0.391 e. The van der Waals surface area contributed by atoms with Crippen molar-refractivity contribution < 1.29 is 9.90 Å². The molecule has 1 amide bonds. The molecule has 1 fully saturated rings. The van der Waals surface area contributed by atoms with Gasteiger partial charge in [0.05, 0.1) is 18.5 Å². The van der Waals surface area contributed by atoms with Gasteiger partial charge in [0.15, 0.2) is 0 Å². The fraction of sp³-hybridized carbons (Fsp3) is 0.545. The number of aromatic nitrogens is 2. The van der Waals surface area contributed by atoms with Gasteiger partial charge in [0, 0.05) is 13.1 Å². The molecule has 2 rings (SSSR count). The molecule has 1 aliphatic heterocycles. The van der Waals surface area contributed by atoms with Crippen LogP contribution in [0, 0.1) is 5.92 Å². The van der Waals surface area contributed by atoms with Crippen LogP contribution in [0.25, 0.3) is 0 Å². The Morgan fingerprint density at radius 1 is 1.59 bits per heavy atom. The molecule has 1 saturated heterocycles. The Kier molecular flexibility index (Phi) is 3.23. The molecule has 0 radical (unpaired) electrons. The second-order valence-corrected chi connectivity index (χ2v) is 4.41. The van der Waals surface area contributed by atoms with Gasteiger partial charge in [-0.3, -0.25) is 9.78 Å². The lowest BCUT2D eigenvalue weighted by molar-refractivity contribution is 0.0994. The largest absolute Gasteiger partial charge is 0.391 e. The minimum absolute atomic E-state index is 0.149. The number of piperidine rings is 1. The first-order chi connectivity index (χ1) is 8.08. The quantitative estimate of drug-likeness (QED) is 0.740. The van der Waals surface area contributed by atoms with Crippen molar-refractivity contribution in [3.63, 3.8) is 0 Å². The summed E-state index contributed by atoms with van der Waals surface area (Å²) in [7, 11) is 0. The lowest BCUT2D eigenvalue weighted by Crippen LogP contribution is -2.43. The van der Waals surface area contributed by atoms with Crippen molar-refractivity contribution in [3.8, 4) is 0 Å². The third-order valence-electron chi connectivity index (χ3n) is 3.12. The molecular weight excluding hydrogens is 220 g/mol. The van der Waals surface area contributed by atoms with Crippen molar-refractivity contribution in [2.45, 2.75) is 19.4 Å². The summed E-state index contributed by atoms with van der Waals surface area (Å²) in [5.74, 6) is 0.288. The second kappa shape index (κ2) is 4.67. The number of carbonyl (C=O) groups excluding carboxylic acids is 1. The Balaban J connectivity index is 2.17. The highest BCUT2D eigenvalue weighted by atomic mass is 16.3. The maximum atomic E-state index is 11.0. The summed E-state index contributed by atoms with van der Waals surface area (Å²) in [6.45, 7) is 3.33. The molecule has 0 aromatic carbocycles. The van der Waals surface area contributed by atoms with Crippen LogP contribution in [0.5, 0.6) is 0 Å². The van der Waals surface area contributed by atoms with Crippen LogP contribution in [-0.2, 0) is 0 Å². The van der Waals surface area contributed by atoms with Crippen LogP contribution in [0.3, 0.4) is 0 Å². The number of carbonyl (C=O) groups is 1. The molecule has 0 saturated carbocycles. The number of hydrogen-bond donors (Lipinski definition) is 2. The van der Waals surface area contributed by atoms with Gasteiger partial charge in [-0.1, -0.05) is 6.92 Å². The molecule has 6 nitrogen and oxygen atoms in total. The smallest absolute Gasteiger partial charge is 0.268 e. The molecule has 92 valence electrons. The van der Waals surface area contributed by atoms with Gasteiger partial charge < -0.3 is 15.7 Å². The normalized spacial score (nSPS) is 24.7. The van der Waals surface area contributed by atoms with Crippen molar-refractivity contribution >= 4 is 11.7 Å². The highest BCUT2D eigenvalue weighted by Gasteiger charge is 2.25. The van der Waals surface area contributed by atoms with Crippen LogP contribution in [0.1, 0.15) is 23.8 Å². The molecule has 0 spiro atoms. The van der Waals surface area contributed by atoms with Crippen molar-refractivity contribution in [2.24, 2.45) is 11.7 Å². The number of nitrogens with zero attached hydrogens (tertiary/aromatic N) is 3. The van der Waals surface area contributed by atoms with E-state index in [9.17, 15) is 9.90 Å². The molecule has 0 bridgehead atoms. The van der Waals surface area contributed by atoms with E-state index >= 15 is 0 Å². The predicted octanol–water partition coefficient (Wildman–Crippen LogP) is -0.217. The number of β-amino-alcohol motifs (C(OH)–C–C–N with tert-alkyl or cyclic N) is 1. The minimum atomic E-state index is -0.592. The molecule has 0 aliphatic carbocycles. The molecule has 2 unspecified atom stereocenters. The third kappa shape index (κ3) is 2.52. The number of aliphatic hydroxyl groups excluding tert-OH is 1. The van der Waals surface area contributed by atoms with Gasteiger partial charge in [-0.25, -0.2) is 4.98 Å². The van der Waals surface area contributed by atoms with Crippen LogP contribution in [0.15, 0.2) is 12.4 Å². The summed E-state index contributed by atoms with van der Waals surface area (Å²) in [4.78, 5) is 21.0. The van der Waals surface area contributed by atoms with Crippen molar-refractivity contribution in [3.05, 3.63) is 18.1 Å². The molecule has 6 heteroatoms. The first kappa shape index (κ1) is 11.8. The van der Waals surface area contributed by atoms with E-state index in [0.29, 0.717) is 18.3 Å². The van der Waals surface area contributed by atoms with E-state index in [-0.39, 0.29) is 11.8 Å². The number of amides is 1. The SMILES string of the molecule is CC1CCN(c2cncc(C(N)=O)n2)CC1O. The number of primary amides is 1. The molecule has 2 atom stereocenters. The number of anilines is 1. The Bertz CT molecular complexity index is 424. The third-order valence-corrected chi connectivity index (χ3v) is 3.12. The fourth-order valence-electron chi connectivity index (χ4n) is 1.88. The standard InChI is InChI=1S/C11H16N4O2/c1-7-2-3-15(6-9(7)16)10-5-13-4-8(14-10)11(12)17/h4-5,7,9,16H,2-3,6H2,1H3,(H2,12,17). The summed E-state index contributed by atoms with van der Waals surface area (Å²) >= 11 is 0. The highest BCUT2D eigenvalue weighted by molar-refractivity contribution is 5.90. The molecule has 17 heavy (non-hydrogen) atoms. The predicted molar refractivity (Wildman–Crippen MR) is 62.6 cm³/mol. The summed E-state index contributed by atoms with van der Waals surface area (Å²) in [5.41, 5.74) is 5.30. The number of nitrogens with two attached hydrogens (primary N) is 1. The average molecular weight is 236 g/mol. The molecule has 1 aromatic rings. The Hall–Kier alpha value is -1.69. The number of hydrogen-bond acceptors (Lipinski definition) is 5.